The van der Waals surface area contributed by atoms with Crippen LogP contribution in [0, 0.1) is 0 Å². The van der Waals surface area contributed by atoms with Crippen LogP contribution in [0.15, 0.2) is 10.6 Å². The lowest BCUT2D eigenvalue weighted by Crippen LogP contribution is -2.01. The van der Waals surface area contributed by atoms with Gasteiger partial charge in [0.05, 0.1) is 6.20 Å². The van der Waals surface area contributed by atoms with Crippen molar-refractivity contribution in [2.24, 2.45) is 5.73 Å². The van der Waals surface area contributed by atoms with E-state index in [2.05, 4.69) is 4.98 Å². The number of aryl methyl sites for hydroxylation is 1. The van der Waals surface area contributed by atoms with E-state index in [-0.39, 0.29) is 0 Å². The van der Waals surface area contributed by atoms with E-state index in [0.717, 1.165) is 36.2 Å². The molecular weight excluding hydrogens is 208 g/mol. The van der Waals surface area contributed by atoms with Crippen molar-refractivity contribution in [3.05, 3.63) is 17.8 Å². The number of rotatable bonds is 5. The fourth-order valence-electron chi connectivity index (χ4n) is 1.83. The number of thioether (sulfide) groups is 1. The first kappa shape index (κ1) is 11.0. The van der Waals surface area contributed by atoms with Gasteiger partial charge in [0, 0.05) is 18.1 Å². The molecule has 1 unspecified atom stereocenters. The van der Waals surface area contributed by atoms with Crippen LogP contribution in [0.5, 0.6) is 0 Å². The van der Waals surface area contributed by atoms with Gasteiger partial charge in [-0.1, -0.05) is 0 Å². The molecule has 84 valence electrons. The van der Waals surface area contributed by atoms with E-state index in [1.165, 1.54) is 18.6 Å². The maximum Gasteiger partial charge on any atom is 0.195 e. The Morgan fingerprint density at radius 3 is 3.27 bits per heavy atom. The van der Waals surface area contributed by atoms with Crippen molar-refractivity contribution in [1.29, 1.82) is 0 Å². The molecule has 0 bridgehead atoms. The summed E-state index contributed by atoms with van der Waals surface area (Å²) in [5.74, 6) is 3.19. The van der Waals surface area contributed by atoms with Crippen LogP contribution in [0.25, 0.3) is 0 Å². The van der Waals surface area contributed by atoms with Crippen molar-refractivity contribution in [2.75, 3.05) is 12.3 Å². The van der Waals surface area contributed by atoms with Crippen molar-refractivity contribution in [3.8, 4) is 0 Å². The van der Waals surface area contributed by atoms with Crippen LogP contribution >= 0.6 is 11.8 Å². The van der Waals surface area contributed by atoms with Crippen LogP contribution in [0.1, 0.15) is 30.9 Å². The molecule has 4 heteroatoms. The van der Waals surface area contributed by atoms with Gasteiger partial charge in [-0.15, -0.1) is 0 Å². The second-order valence-electron chi connectivity index (χ2n) is 3.95. The monoisotopic (exact) mass is 226 g/mol. The Bertz CT molecular complexity index is 295. The molecule has 2 rings (SSSR count). The molecular formula is C11H18N2OS. The van der Waals surface area contributed by atoms with Gasteiger partial charge in [0.1, 0.15) is 5.76 Å². The Kier molecular flexibility index (Phi) is 4.09. The first-order chi connectivity index (χ1) is 7.38. The molecule has 1 saturated heterocycles. The average Bonchev–Trinajstić information content (AvgIpc) is 2.87. The van der Waals surface area contributed by atoms with Crippen molar-refractivity contribution >= 4 is 11.8 Å². The Morgan fingerprint density at radius 2 is 2.53 bits per heavy atom. The third-order valence-electron chi connectivity index (χ3n) is 2.66. The molecule has 0 aliphatic carbocycles. The van der Waals surface area contributed by atoms with Gasteiger partial charge in [-0.3, -0.25) is 0 Å². The minimum absolute atomic E-state index is 0.717. The quantitative estimate of drug-likeness (QED) is 0.834. The number of aromatic nitrogens is 1. The summed E-state index contributed by atoms with van der Waals surface area (Å²) >= 11 is 2.04. The van der Waals surface area contributed by atoms with Gasteiger partial charge >= 0.3 is 0 Å². The molecule has 3 nitrogen and oxygen atoms in total. The van der Waals surface area contributed by atoms with Gasteiger partial charge in [0.2, 0.25) is 0 Å². The second-order valence-corrected chi connectivity index (χ2v) is 5.36. The summed E-state index contributed by atoms with van der Waals surface area (Å²) in [6.07, 6.45) is 7.40. The topological polar surface area (TPSA) is 52.0 Å². The molecule has 0 saturated carbocycles. The standard InChI is InChI=1S/C11H18N2OS/c12-5-1-3-9-8-13-11(14-9)7-10-4-2-6-15-10/h8,10H,1-7,12H2. The lowest BCUT2D eigenvalue weighted by molar-refractivity contribution is 0.447. The van der Waals surface area contributed by atoms with Crippen molar-refractivity contribution in [3.63, 3.8) is 0 Å². The molecule has 1 fully saturated rings. The fraction of sp³-hybridized carbons (Fsp3) is 0.727. The predicted octanol–water partition coefficient (Wildman–Crippen LogP) is 2.00. The molecule has 0 spiro atoms. The minimum Gasteiger partial charge on any atom is -0.446 e. The Labute approximate surface area is 94.8 Å². The molecule has 15 heavy (non-hydrogen) atoms. The lowest BCUT2D eigenvalue weighted by atomic mass is 10.2. The maximum atomic E-state index is 5.67. The van der Waals surface area contributed by atoms with Gasteiger partial charge < -0.3 is 10.2 Å². The highest BCUT2D eigenvalue weighted by Gasteiger charge is 2.18. The van der Waals surface area contributed by atoms with Crippen LogP contribution in [-0.2, 0) is 12.8 Å². The van der Waals surface area contributed by atoms with E-state index >= 15 is 0 Å². The summed E-state index contributed by atoms with van der Waals surface area (Å²) in [6.45, 7) is 0.717. The van der Waals surface area contributed by atoms with Crippen LogP contribution in [0.4, 0.5) is 0 Å². The van der Waals surface area contributed by atoms with Gasteiger partial charge in [0.15, 0.2) is 5.89 Å². The molecule has 1 aromatic rings. The first-order valence-electron chi connectivity index (χ1n) is 5.63. The number of oxazole rings is 1. The van der Waals surface area contributed by atoms with Crippen LogP contribution < -0.4 is 5.73 Å². The number of hydrogen-bond donors (Lipinski definition) is 1. The SMILES string of the molecule is NCCCc1cnc(CC2CCCS2)o1. The summed E-state index contributed by atoms with van der Waals surface area (Å²) in [5, 5.41) is 0.728. The highest BCUT2D eigenvalue weighted by Crippen LogP contribution is 2.28. The van der Waals surface area contributed by atoms with Gasteiger partial charge in [-0.05, 0) is 31.6 Å². The molecule has 1 aliphatic heterocycles. The third-order valence-corrected chi connectivity index (χ3v) is 4.05. The van der Waals surface area contributed by atoms with Crippen molar-refractivity contribution in [1.82, 2.24) is 4.98 Å². The second kappa shape index (κ2) is 5.56. The normalized spacial score (nSPS) is 21.0. The largest absolute Gasteiger partial charge is 0.446 e. The average molecular weight is 226 g/mol. The van der Waals surface area contributed by atoms with E-state index in [1.54, 1.807) is 0 Å². The molecule has 2 N–H and O–H groups in total. The number of nitrogens with zero attached hydrogens (tertiary/aromatic N) is 1. The smallest absolute Gasteiger partial charge is 0.195 e. The van der Waals surface area contributed by atoms with E-state index < -0.39 is 0 Å². The maximum absolute atomic E-state index is 5.67. The third kappa shape index (κ3) is 3.24. The molecule has 0 aromatic carbocycles. The number of hydrogen-bond acceptors (Lipinski definition) is 4. The summed E-state index contributed by atoms with van der Waals surface area (Å²) in [6, 6.07) is 0. The Balaban J connectivity index is 1.83. The molecule has 0 radical (unpaired) electrons. The zero-order valence-corrected chi connectivity index (χ0v) is 9.76. The van der Waals surface area contributed by atoms with E-state index in [0.29, 0.717) is 6.54 Å². The summed E-state index contributed by atoms with van der Waals surface area (Å²) < 4.78 is 5.67. The molecule has 1 atom stereocenters. The predicted molar refractivity (Wildman–Crippen MR) is 63.1 cm³/mol. The number of nitrogens with two attached hydrogens (primary N) is 1. The highest BCUT2D eigenvalue weighted by atomic mass is 32.2. The van der Waals surface area contributed by atoms with Crippen molar-refractivity contribution in [2.45, 2.75) is 37.4 Å². The first-order valence-corrected chi connectivity index (χ1v) is 6.68. The minimum atomic E-state index is 0.717. The zero-order valence-electron chi connectivity index (χ0n) is 8.95. The fourth-order valence-corrected chi connectivity index (χ4v) is 3.09. The van der Waals surface area contributed by atoms with Crippen molar-refractivity contribution < 1.29 is 4.42 Å². The van der Waals surface area contributed by atoms with Gasteiger partial charge in [0.25, 0.3) is 0 Å². The van der Waals surface area contributed by atoms with E-state index in [4.69, 9.17) is 10.2 Å². The summed E-state index contributed by atoms with van der Waals surface area (Å²) in [4.78, 5) is 4.31. The Morgan fingerprint density at radius 1 is 1.60 bits per heavy atom. The molecule has 0 amide bonds. The lowest BCUT2D eigenvalue weighted by Gasteiger charge is -2.03. The van der Waals surface area contributed by atoms with Crippen LogP contribution in [-0.4, -0.2) is 22.5 Å². The molecule has 2 heterocycles. The summed E-state index contributed by atoms with van der Waals surface area (Å²) in [5.41, 5.74) is 5.45. The van der Waals surface area contributed by atoms with E-state index in [9.17, 15) is 0 Å². The van der Waals surface area contributed by atoms with Crippen LogP contribution in [0.3, 0.4) is 0 Å². The summed E-state index contributed by atoms with van der Waals surface area (Å²) in [7, 11) is 0. The van der Waals surface area contributed by atoms with Gasteiger partial charge in [-0.2, -0.15) is 11.8 Å². The van der Waals surface area contributed by atoms with E-state index in [1.807, 2.05) is 18.0 Å². The zero-order chi connectivity index (χ0) is 10.5. The molecule has 1 aliphatic rings. The Hall–Kier alpha value is -0.480. The van der Waals surface area contributed by atoms with Gasteiger partial charge in [-0.25, -0.2) is 4.98 Å². The highest BCUT2D eigenvalue weighted by molar-refractivity contribution is 8.00. The van der Waals surface area contributed by atoms with Crippen LogP contribution in [0.2, 0.25) is 0 Å². The molecule has 1 aromatic heterocycles.